The van der Waals surface area contributed by atoms with Crippen molar-refractivity contribution in [3.63, 3.8) is 0 Å². The molecule has 0 atom stereocenters. The highest BCUT2D eigenvalue weighted by Gasteiger charge is 2.06. The smallest absolute Gasteiger partial charge is 0.137 e. The van der Waals surface area contributed by atoms with Crippen LogP contribution in [-0.2, 0) is 6.61 Å². The number of hydrogen-bond donors (Lipinski definition) is 2. The van der Waals surface area contributed by atoms with Crippen LogP contribution in [0.25, 0.3) is 11.4 Å². The van der Waals surface area contributed by atoms with Crippen molar-refractivity contribution in [1.29, 1.82) is 0 Å². The second kappa shape index (κ2) is 4.16. The number of benzene rings is 1. The van der Waals surface area contributed by atoms with E-state index in [2.05, 4.69) is 25.9 Å². The van der Waals surface area contributed by atoms with Crippen molar-refractivity contribution in [3.8, 4) is 11.4 Å². The molecule has 0 spiro atoms. The van der Waals surface area contributed by atoms with Crippen molar-refractivity contribution in [2.75, 3.05) is 0 Å². The van der Waals surface area contributed by atoms with Crippen molar-refractivity contribution in [2.45, 2.75) is 13.5 Å². The lowest BCUT2D eigenvalue weighted by Crippen LogP contribution is -1.85. The fourth-order valence-corrected chi connectivity index (χ4v) is 1.66. The Kier molecular flexibility index (Phi) is 2.88. The molecule has 1 aromatic carbocycles. The summed E-state index contributed by atoms with van der Waals surface area (Å²) in [7, 11) is 0. The maximum atomic E-state index is 9.03. The summed E-state index contributed by atoms with van der Waals surface area (Å²) in [6.07, 6.45) is 0. The molecule has 3 nitrogen and oxygen atoms in total. The third kappa shape index (κ3) is 2.11. The average molecular weight is 267 g/mol. The van der Waals surface area contributed by atoms with Gasteiger partial charge < -0.3 is 10.1 Å². The summed E-state index contributed by atoms with van der Waals surface area (Å²) in [5, 5.41) is 9.03. The van der Waals surface area contributed by atoms with Gasteiger partial charge >= 0.3 is 0 Å². The van der Waals surface area contributed by atoms with E-state index in [0.717, 1.165) is 21.6 Å². The van der Waals surface area contributed by atoms with E-state index in [1.807, 2.05) is 31.2 Å². The fraction of sp³-hybridized carbons (Fsp3) is 0.182. The molecule has 0 fully saturated rings. The standard InChI is InChI=1S/C11H11BrN2O/c1-7-10(6-15)14-11(13-7)8-2-4-9(12)5-3-8/h2-5,15H,6H2,1H3,(H,13,14). The minimum atomic E-state index is -0.0289. The third-order valence-corrected chi connectivity index (χ3v) is 2.78. The number of aromatic amines is 1. The topological polar surface area (TPSA) is 48.9 Å². The van der Waals surface area contributed by atoms with Gasteiger partial charge in [0.2, 0.25) is 0 Å². The van der Waals surface area contributed by atoms with Gasteiger partial charge in [-0.1, -0.05) is 28.1 Å². The Morgan fingerprint density at radius 2 is 2.00 bits per heavy atom. The van der Waals surface area contributed by atoms with Crippen LogP contribution in [0.15, 0.2) is 28.7 Å². The number of imidazole rings is 1. The SMILES string of the molecule is Cc1[nH]c(-c2ccc(Br)cc2)nc1CO. The molecule has 0 saturated carbocycles. The molecule has 0 amide bonds. The fourth-order valence-electron chi connectivity index (χ4n) is 1.39. The summed E-state index contributed by atoms with van der Waals surface area (Å²) >= 11 is 3.38. The van der Waals surface area contributed by atoms with Crippen LogP contribution in [0.1, 0.15) is 11.4 Å². The molecule has 0 saturated heterocycles. The highest BCUT2D eigenvalue weighted by atomic mass is 79.9. The highest BCUT2D eigenvalue weighted by Crippen LogP contribution is 2.20. The summed E-state index contributed by atoms with van der Waals surface area (Å²) in [6, 6.07) is 7.88. The molecular weight excluding hydrogens is 256 g/mol. The minimum absolute atomic E-state index is 0.0289. The molecule has 0 aliphatic rings. The number of aliphatic hydroxyl groups excluding tert-OH is 1. The molecule has 0 unspecified atom stereocenters. The molecule has 1 aromatic heterocycles. The molecule has 1 heterocycles. The number of rotatable bonds is 2. The van der Waals surface area contributed by atoms with Crippen molar-refractivity contribution >= 4 is 15.9 Å². The summed E-state index contributed by atoms with van der Waals surface area (Å²) < 4.78 is 1.04. The molecule has 0 aliphatic carbocycles. The number of aryl methyl sites for hydroxylation is 1. The van der Waals surface area contributed by atoms with E-state index < -0.39 is 0 Å². The van der Waals surface area contributed by atoms with Crippen LogP contribution in [0.3, 0.4) is 0 Å². The maximum absolute atomic E-state index is 9.03. The molecular formula is C11H11BrN2O. The van der Waals surface area contributed by atoms with E-state index in [0.29, 0.717) is 5.69 Å². The molecule has 15 heavy (non-hydrogen) atoms. The first-order valence-electron chi connectivity index (χ1n) is 4.63. The van der Waals surface area contributed by atoms with Crippen molar-refractivity contribution < 1.29 is 5.11 Å². The number of nitrogens with one attached hydrogen (secondary N) is 1. The number of nitrogens with zero attached hydrogens (tertiary/aromatic N) is 1. The quantitative estimate of drug-likeness (QED) is 0.878. The molecule has 0 aliphatic heterocycles. The monoisotopic (exact) mass is 266 g/mol. The summed E-state index contributed by atoms with van der Waals surface area (Å²) in [6.45, 7) is 1.87. The van der Waals surface area contributed by atoms with Gasteiger partial charge in [0.1, 0.15) is 5.82 Å². The molecule has 0 radical (unpaired) electrons. The second-order valence-corrected chi connectivity index (χ2v) is 4.24. The summed E-state index contributed by atoms with van der Waals surface area (Å²) in [5.41, 5.74) is 2.63. The van der Waals surface area contributed by atoms with Gasteiger partial charge in [0.15, 0.2) is 0 Å². The molecule has 2 rings (SSSR count). The Morgan fingerprint density at radius 3 is 2.53 bits per heavy atom. The Bertz CT molecular complexity index is 462. The largest absolute Gasteiger partial charge is 0.390 e. The van der Waals surface area contributed by atoms with Gasteiger partial charge in [0, 0.05) is 15.7 Å². The normalized spacial score (nSPS) is 10.6. The lowest BCUT2D eigenvalue weighted by Gasteiger charge is -1.96. The van der Waals surface area contributed by atoms with Gasteiger partial charge in [-0.2, -0.15) is 0 Å². The van der Waals surface area contributed by atoms with E-state index >= 15 is 0 Å². The van der Waals surface area contributed by atoms with Gasteiger partial charge in [0.05, 0.1) is 12.3 Å². The molecule has 0 bridgehead atoms. The number of halogens is 1. The van der Waals surface area contributed by atoms with Gasteiger partial charge in [-0.05, 0) is 19.1 Å². The van der Waals surface area contributed by atoms with Crippen molar-refractivity contribution in [2.24, 2.45) is 0 Å². The summed E-state index contributed by atoms with van der Waals surface area (Å²) in [4.78, 5) is 7.45. The van der Waals surface area contributed by atoms with Crippen molar-refractivity contribution in [1.82, 2.24) is 9.97 Å². The third-order valence-electron chi connectivity index (χ3n) is 2.25. The number of hydrogen-bond acceptors (Lipinski definition) is 2. The molecule has 2 aromatic rings. The van der Waals surface area contributed by atoms with Crippen LogP contribution in [0.5, 0.6) is 0 Å². The number of aromatic nitrogens is 2. The Labute approximate surface area is 96.3 Å². The Balaban J connectivity index is 2.41. The van der Waals surface area contributed by atoms with Crippen molar-refractivity contribution in [3.05, 3.63) is 40.1 Å². The molecule has 4 heteroatoms. The van der Waals surface area contributed by atoms with E-state index in [-0.39, 0.29) is 6.61 Å². The maximum Gasteiger partial charge on any atom is 0.137 e. The first-order chi connectivity index (χ1) is 7.20. The van der Waals surface area contributed by atoms with Crippen LogP contribution in [0.2, 0.25) is 0 Å². The first-order valence-corrected chi connectivity index (χ1v) is 5.42. The molecule has 78 valence electrons. The zero-order chi connectivity index (χ0) is 10.8. The van der Waals surface area contributed by atoms with Crippen LogP contribution in [0.4, 0.5) is 0 Å². The van der Waals surface area contributed by atoms with Gasteiger partial charge in [-0.3, -0.25) is 0 Å². The second-order valence-electron chi connectivity index (χ2n) is 3.32. The lowest BCUT2D eigenvalue weighted by atomic mass is 10.2. The van der Waals surface area contributed by atoms with Crippen LogP contribution < -0.4 is 0 Å². The Hall–Kier alpha value is -1.13. The number of H-pyrrole nitrogens is 1. The van der Waals surface area contributed by atoms with Gasteiger partial charge in [-0.25, -0.2) is 4.98 Å². The first kappa shape index (κ1) is 10.4. The number of aliphatic hydroxyl groups is 1. The molecule has 2 N–H and O–H groups in total. The summed E-state index contributed by atoms with van der Waals surface area (Å²) in [5.74, 6) is 0.795. The van der Waals surface area contributed by atoms with E-state index in [4.69, 9.17) is 5.11 Å². The predicted molar refractivity (Wildman–Crippen MR) is 62.4 cm³/mol. The zero-order valence-corrected chi connectivity index (χ0v) is 9.87. The zero-order valence-electron chi connectivity index (χ0n) is 8.29. The Morgan fingerprint density at radius 1 is 1.33 bits per heavy atom. The van der Waals surface area contributed by atoms with Crippen LogP contribution in [0, 0.1) is 6.92 Å². The van der Waals surface area contributed by atoms with E-state index in [1.54, 1.807) is 0 Å². The van der Waals surface area contributed by atoms with Gasteiger partial charge in [-0.15, -0.1) is 0 Å². The average Bonchev–Trinajstić information content (AvgIpc) is 2.61. The van der Waals surface area contributed by atoms with E-state index in [9.17, 15) is 0 Å². The predicted octanol–water partition coefficient (Wildman–Crippen LogP) is 2.64. The van der Waals surface area contributed by atoms with Crippen LogP contribution in [-0.4, -0.2) is 15.1 Å². The van der Waals surface area contributed by atoms with E-state index in [1.165, 1.54) is 0 Å². The van der Waals surface area contributed by atoms with Gasteiger partial charge in [0.25, 0.3) is 0 Å². The highest BCUT2D eigenvalue weighted by molar-refractivity contribution is 9.10. The lowest BCUT2D eigenvalue weighted by molar-refractivity contribution is 0.276. The van der Waals surface area contributed by atoms with Crippen LogP contribution >= 0.6 is 15.9 Å². The minimum Gasteiger partial charge on any atom is -0.390 e.